The van der Waals surface area contributed by atoms with Crippen LogP contribution in [0.3, 0.4) is 0 Å². The zero-order chi connectivity index (χ0) is 9.14. The van der Waals surface area contributed by atoms with Crippen LogP contribution < -0.4 is 11.1 Å². The van der Waals surface area contributed by atoms with Crippen LogP contribution in [0.25, 0.3) is 0 Å². The molecular weight excluding hydrogens is 160 g/mol. The highest BCUT2D eigenvalue weighted by Crippen LogP contribution is 1.99. The first-order chi connectivity index (χ1) is 5.59. The fourth-order valence-electron chi connectivity index (χ4n) is 0.660. The molecule has 1 heterocycles. The van der Waals surface area contributed by atoms with Crippen molar-refractivity contribution in [1.29, 1.82) is 0 Å². The lowest BCUT2D eigenvalue weighted by Crippen LogP contribution is -2.29. The van der Waals surface area contributed by atoms with Crippen LogP contribution in [0.15, 0.2) is 12.3 Å². The molecule has 12 heavy (non-hydrogen) atoms. The summed E-state index contributed by atoms with van der Waals surface area (Å²) in [6.07, 6.45) is 1.64. The van der Waals surface area contributed by atoms with Crippen molar-refractivity contribution in [1.82, 2.24) is 9.78 Å². The van der Waals surface area contributed by atoms with E-state index in [9.17, 15) is 9.59 Å². The molecule has 0 saturated carbocycles. The van der Waals surface area contributed by atoms with Crippen molar-refractivity contribution in [3.8, 4) is 0 Å². The number of nitrogens with one attached hydrogen (secondary N) is 1. The molecule has 1 aromatic rings. The van der Waals surface area contributed by atoms with Crippen LogP contribution in [0.5, 0.6) is 0 Å². The number of amides is 2. The summed E-state index contributed by atoms with van der Waals surface area (Å²) in [5.74, 6) is -1.59. The van der Waals surface area contributed by atoms with Crippen molar-refractivity contribution in [2.45, 2.75) is 0 Å². The maximum absolute atomic E-state index is 10.7. The van der Waals surface area contributed by atoms with Gasteiger partial charge in [0.15, 0.2) is 5.82 Å². The fourth-order valence-corrected chi connectivity index (χ4v) is 0.660. The molecule has 0 atom stereocenters. The predicted molar refractivity (Wildman–Crippen MR) is 41.0 cm³/mol. The summed E-state index contributed by atoms with van der Waals surface area (Å²) < 4.78 is 1.50. The quantitative estimate of drug-likeness (QED) is 0.518. The largest absolute Gasteiger partial charge is 0.361 e. The van der Waals surface area contributed by atoms with E-state index in [2.05, 4.69) is 10.4 Å². The third-order valence-electron chi connectivity index (χ3n) is 1.18. The van der Waals surface area contributed by atoms with E-state index in [1.54, 1.807) is 19.3 Å². The Morgan fingerprint density at radius 3 is 2.75 bits per heavy atom. The van der Waals surface area contributed by atoms with Gasteiger partial charge in [0.25, 0.3) is 0 Å². The molecule has 1 aromatic heterocycles. The molecule has 0 unspecified atom stereocenters. The maximum Gasteiger partial charge on any atom is 0.314 e. The summed E-state index contributed by atoms with van der Waals surface area (Å²) in [5.41, 5.74) is 4.71. The number of carbonyl (C=O) groups is 2. The first-order valence-corrected chi connectivity index (χ1v) is 3.20. The SMILES string of the molecule is Cn1ccc(NC(=O)C(N)=O)n1. The number of hydrogen-bond acceptors (Lipinski definition) is 3. The molecule has 6 heteroatoms. The normalized spacial score (nSPS) is 9.42. The second-order valence-electron chi connectivity index (χ2n) is 2.19. The number of rotatable bonds is 1. The lowest BCUT2D eigenvalue weighted by atomic mass is 10.5. The average Bonchev–Trinajstić information content (AvgIpc) is 2.35. The van der Waals surface area contributed by atoms with Crippen molar-refractivity contribution in [3.05, 3.63) is 12.3 Å². The van der Waals surface area contributed by atoms with Gasteiger partial charge in [0.1, 0.15) is 0 Å². The molecule has 3 N–H and O–H groups in total. The summed E-state index contributed by atoms with van der Waals surface area (Å²) in [7, 11) is 1.69. The maximum atomic E-state index is 10.7. The van der Waals surface area contributed by atoms with Gasteiger partial charge in [-0.25, -0.2) is 0 Å². The standard InChI is InChI=1S/C6H8N4O2/c1-10-3-2-4(9-10)8-6(12)5(7)11/h2-3H,1H3,(H2,7,11)(H,8,9,12). The second-order valence-corrected chi connectivity index (χ2v) is 2.19. The fraction of sp³-hybridized carbons (Fsp3) is 0.167. The van der Waals surface area contributed by atoms with Crippen LogP contribution >= 0.6 is 0 Å². The number of hydrogen-bond donors (Lipinski definition) is 2. The minimum atomic E-state index is -1.03. The highest BCUT2D eigenvalue weighted by molar-refractivity contribution is 6.38. The Balaban J connectivity index is 2.64. The van der Waals surface area contributed by atoms with Gasteiger partial charge in [0, 0.05) is 19.3 Å². The monoisotopic (exact) mass is 168 g/mol. The number of aromatic nitrogens is 2. The van der Waals surface area contributed by atoms with E-state index in [0.717, 1.165) is 0 Å². The molecule has 0 spiro atoms. The van der Waals surface area contributed by atoms with Crippen molar-refractivity contribution in [2.75, 3.05) is 5.32 Å². The Morgan fingerprint density at radius 1 is 1.67 bits per heavy atom. The minimum absolute atomic E-state index is 0.307. The molecule has 0 fully saturated rings. The molecule has 0 saturated heterocycles. The highest BCUT2D eigenvalue weighted by atomic mass is 16.2. The van der Waals surface area contributed by atoms with Gasteiger partial charge < -0.3 is 11.1 Å². The van der Waals surface area contributed by atoms with E-state index in [4.69, 9.17) is 5.73 Å². The van der Waals surface area contributed by atoms with Gasteiger partial charge in [-0.1, -0.05) is 0 Å². The molecule has 0 aliphatic rings. The number of nitrogens with two attached hydrogens (primary N) is 1. The van der Waals surface area contributed by atoms with E-state index < -0.39 is 11.8 Å². The van der Waals surface area contributed by atoms with Gasteiger partial charge in [-0.2, -0.15) is 5.10 Å². The third kappa shape index (κ3) is 1.82. The lowest BCUT2D eigenvalue weighted by Gasteiger charge is -1.95. The van der Waals surface area contributed by atoms with Crippen LogP contribution in [0.1, 0.15) is 0 Å². The van der Waals surface area contributed by atoms with Crippen molar-refractivity contribution < 1.29 is 9.59 Å². The molecule has 0 radical (unpaired) electrons. The number of nitrogens with zero attached hydrogens (tertiary/aromatic N) is 2. The number of carbonyl (C=O) groups excluding carboxylic acids is 2. The van der Waals surface area contributed by atoms with Crippen LogP contribution in [0.2, 0.25) is 0 Å². The van der Waals surface area contributed by atoms with Crippen LogP contribution in [-0.2, 0) is 16.6 Å². The summed E-state index contributed by atoms with van der Waals surface area (Å²) in [4.78, 5) is 21.0. The van der Waals surface area contributed by atoms with Crippen LogP contribution in [-0.4, -0.2) is 21.6 Å². The first kappa shape index (κ1) is 8.25. The zero-order valence-electron chi connectivity index (χ0n) is 6.44. The molecule has 64 valence electrons. The van der Waals surface area contributed by atoms with Gasteiger partial charge in [-0.3, -0.25) is 14.3 Å². The Hall–Kier alpha value is -1.85. The van der Waals surface area contributed by atoms with E-state index >= 15 is 0 Å². The summed E-state index contributed by atoms with van der Waals surface area (Å²) in [6.45, 7) is 0. The van der Waals surface area contributed by atoms with Gasteiger partial charge in [0.2, 0.25) is 0 Å². The van der Waals surface area contributed by atoms with E-state index in [1.807, 2.05) is 0 Å². The van der Waals surface area contributed by atoms with E-state index in [1.165, 1.54) is 4.68 Å². The predicted octanol–water partition coefficient (Wildman–Crippen LogP) is -1.16. The van der Waals surface area contributed by atoms with Crippen molar-refractivity contribution in [3.63, 3.8) is 0 Å². The van der Waals surface area contributed by atoms with Crippen molar-refractivity contribution in [2.24, 2.45) is 12.8 Å². The highest BCUT2D eigenvalue weighted by Gasteiger charge is 2.09. The number of aryl methyl sites for hydroxylation is 1. The number of anilines is 1. The van der Waals surface area contributed by atoms with Gasteiger partial charge in [-0.15, -0.1) is 0 Å². The molecule has 2 amide bonds. The van der Waals surface area contributed by atoms with Gasteiger partial charge in [-0.05, 0) is 0 Å². The Morgan fingerprint density at radius 2 is 2.33 bits per heavy atom. The first-order valence-electron chi connectivity index (χ1n) is 3.20. The summed E-state index contributed by atoms with van der Waals surface area (Å²) in [6, 6.07) is 1.56. The summed E-state index contributed by atoms with van der Waals surface area (Å²) in [5, 5.41) is 6.03. The van der Waals surface area contributed by atoms with Gasteiger partial charge >= 0.3 is 11.8 Å². The topological polar surface area (TPSA) is 90.0 Å². The second kappa shape index (κ2) is 3.04. The summed E-state index contributed by atoms with van der Waals surface area (Å²) >= 11 is 0. The molecule has 0 aromatic carbocycles. The Bertz CT molecular complexity index is 317. The average molecular weight is 168 g/mol. The molecule has 0 bridgehead atoms. The molecule has 0 aliphatic heterocycles. The van der Waals surface area contributed by atoms with Crippen molar-refractivity contribution >= 4 is 17.6 Å². The van der Waals surface area contributed by atoms with Crippen LogP contribution in [0.4, 0.5) is 5.82 Å². The van der Waals surface area contributed by atoms with E-state index in [0.29, 0.717) is 5.82 Å². The Kier molecular flexibility index (Phi) is 2.09. The number of primary amides is 1. The van der Waals surface area contributed by atoms with Crippen LogP contribution in [0, 0.1) is 0 Å². The van der Waals surface area contributed by atoms with Gasteiger partial charge in [0.05, 0.1) is 0 Å². The molecular formula is C6H8N4O2. The van der Waals surface area contributed by atoms with E-state index in [-0.39, 0.29) is 0 Å². The lowest BCUT2D eigenvalue weighted by molar-refractivity contribution is -0.134. The molecule has 1 rings (SSSR count). The smallest absolute Gasteiger partial charge is 0.314 e. The minimum Gasteiger partial charge on any atom is -0.361 e. The zero-order valence-corrected chi connectivity index (χ0v) is 6.44. The third-order valence-corrected chi connectivity index (χ3v) is 1.18. The molecule has 0 aliphatic carbocycles. The Labute approximate surface area is 68.3 Å². The molecule has 6 nitrogen and oxygen atoms in total.